The zero-order chi connectivity index (χ0) is 9.52. The molecule has 0 aliphatic carbocycles. The SMILES string of the molecule is C=CCCC(O)Cc1cccnc1. The molecule has 0 aliphatic heterocycles. The highest BCUT2D eigenvalue weighted by molar-refractivity contribution is 5.09. The van der Waals surface area contributed by atoms with Gasteiger partial charge in [-0.25, -0.2) is 0 Å². The highest BCUT2D eigenvalue weighted by Gasteiger charge is 2.03. The van der Waals surface area contributed by atoms with Crippen LogP contribution in [0.5, 0.6) is 0 Å². The van der Waals surface area contributed by atoms with Gasteiger partial charge in [0, 0.05) is 12.4 Å². The smallest absolute Gasteiger partial charge is 0.0584 e. The zero-order valence-electron chi connectivity index (χ0n) is 7.69. The molecule has 0 radical (unpaired) electrons. The maximum absolute atomic E-state index is 9.56. The Hall–Kier alpha value is -1.15. The van der Waals surface area contributed by atoms with E-state index in [4.69, 9.17) is 0 Å². The topological polar surface area (TPSA) is 33.1 Å². The Labute approximate surface area is 78.9 Å². The van der Waals surface area contributed by atoms with Crippen molar-refractivity contribution >= 4 is 0 Å². The molecule has 0 saturated carbocycles. The molecule has 0 saturated heterocycles. The molecule has 0 spiro atoms. The number of hydrogen-bond donors (Lipinski definition) is 1. The summed E-state index contributed by atoms with van der Waals surface area (Å²) < 4.78 is 0. The van der Waals surface area contributed by atoms with Crippen LogP contribution in [-0.4, -0.2) is 16.2 Å². The van der Waals surface area contributed by atoms with Gasteiger partial charge in [-0.2, -0.15) is 0 Å². The lowest BCUT2D eigenvalue weighted by atomic mass is 10.1. The van der Waals surface area contributed by atoms with Crippen LogP contribution < -0.4 is 0 Å². The number of nitrogens with zero attached hydrogens (tertiary/aromatic N) is 1. The van der Waals surface area contributed by atoms with Crippen LogP contribution >= 0.6 is 0 Å². The first-order valence-electron chi connectivity index (χ1n) is 4.51. The van der Waals surface area contributed by atoms with E-state index in [0.717, 1.165) is 18.4 Å². The molecule has 0 fully saturated rings. The average Bonchev–Trinajstić information content (AvgIpc) is 2.16. The molecule has 0 amide bonds. The number of aliphatic hydroxyl groups is 1. The number of allylic oxidation sites excluding steroid dienone is 1. The molecule has 1 atom stereocenters. The molecule has 1 aromatic heterocycles. The summed E-state index contributed by atoms with van der Waals surface area (Å²) in [7, 11) is 0. The first-order valence-corrected chi connectivity index (χ1v) is 4.51. The summed E-state index contributed by atoms with van der Waals surface area (Å²) in [5.74, 6) is 0. The summed E-state index contributed by atoms with van der Waals surface area (Å²) in [6.07, 6.45) is 7.40. The van der Waals surface area contributed by atoms with E-state index in [9.17, 15) is 5.11 Å². The van der Waals surface area contributed by atoms with Crippen LogP contribution in [0.15, 0.2) is 37.2 Å². The fourth-order valence-corrected chi connectivity index (χ4v) is 1.20. The van der Waals surface area contributed by atoms with Crippen LogP contribution in [0.2, 0.25) is 0 Å². The van der Waals surface area contributed by atoms with Crippen LogP contribution in [0.1, 0.15) is 18.4 Å². The Morgan fingerprint density at radius 3 is 3.08 bits per heavy atom. The van der Waals surface area contributed by atoms with Crippen molar-refractivity contribution in [2.75, 3.05) is 0 Å². The molecular formula is C11H15NO. The lowest BCUT2D eigenvalue weighted by molar-refractivity contribution is 0.166. The van der Waals surface area contributed by atoms with Gasteiger partial charge in [-0.05, 0) is 30.9 Å². The van der Waals surface area contributed by atoms with Crippen molar-refractivity contribution in [2.24, 2.45) is 0 Å². The first-order chi connectivity index (χ1) is 6.33. The fourth-order valence-electron chi connectivity index (χ4n) is 1.20. The molecule has 1 N–H and O–H groups in total. The third kappa shape index (κ3) is 3.85. The molecule has 2 nitrogen and oxygen atoms in total. The van der Waals surface area contributed by atoms with Crippen molar-refractivity contribution in [2.45, 2.75) is 25.4 Å². The summed E-state index contributed by atoms with van der Waals surface area (Å²) >= 11 is 0. The minimum atomic E-state index is -0.276. The number of hydrogen-bond acceptors (Lipinski definition) is 2. The number of rotatable bonds is 5. The third-order valence-corrected chi connectivity index (χ3v) is 1.90. The van der Waals surface area contributed by atoms with Gasteiger partial charge in [0.25, 0.3) is 0 Å². The predicted molar refractivity (Wildman–Crippen MR) is 53.4 cm³/mol. The van der Waals surface area contributed by atoms with Crippen molar-refractivity contribution in [1.29, 1.82) is 0 Å². The largest absolute Gasteiger partial charge is 0.393 e. The van der Waals surface area contributed by atoms with Gasteiger partial charge in [-0.1, -0.05) is 12.1 Å². The Morgan fingerprint density at radius 1 is 1.62 bits per heavy atom. The Morgan fingerprint density at radius 2 is 2.46 bits per heavy atom. The van der Waals surface area contributed by atoms with Crippen molar-refractivity contribution in [3.63, 3.8) is 0 Å². The molecule has 1 aromatic rings. The van der Waals surface area contributed by atoms with E-state index in [0.29, 0.717) is 6.42 Å². The van der Waals surface area contributed by atoms with Crippen LogP contribution in [-0.2, 0) is 6.42 Å². The van der Waals surface area contributed by atoms with Gasteiger partial charge in [0.1, 0.15) is 0 Å². The van der Waals surface area contributed by atoms with E-state index < -0.39 is 0 Å². The zero-order valence-corrected chi connectivity index (χ0v) is 7.69. The molecular weight excluding hydrogens is 162 g/mol. The van der Waals surface area contributed by atoms with Crippen molar-refractivity contribution in [3.8, 4) is 0 Å². The van der Waals surface area contributed by atoms with Gasteiger partial charge in [0.05, 0.1) is 6.10 Å². The van der Waals surface area contributed by atoms with Crippen LogP contribution in [0, 0.1) is 0 Å². The highest BCUT2D eigenvalue weighted by Crippen LogP contribution is 2.06. The van der Waals surface area contributed by atoms with Crippen LogP contribution in [0.3, 0.4) is 0 Å². The first kappa shape index (κ1) is 9.93. The normalized spacial score (nSPS) is 12.4. The van der Waals surface area contributed by atoms with Crippen LogP contribution in [0.25, 0.3) is 0 Å². The van der Waals surface area contributed by atoms with Gasteiger partial charge in [-0.3, -0.25) is 4.98 Å². The third-order valence-electron chi connectivity index (χ3n) is 1.90. The van der Waals surface area contributed by atoms with Gasteiger partial charge in [0.15, 0.2) is 0 Å². The Kier molecular flexibility index (Phi) is 4.19. The minimum absolute atomic E-state index is 0.276. The van der Waals surface area contributed by atoms with Crippen molar-refractivity contribution in [1.82, 2.24) is 4.98 Å². The number of pyridine rings is 1. The van der Waals surface area contributed by atoms with Crippen LogP contribution in [0.4, 0.5) is 0 Å². The average molecular weight is 177 g/mol. The molecule has 70 valence electrons. The summed E-state index contributed by atoms with van der Waals surface area (Å²) in [6.45, 7) is 3.62. The van der Waals surface area contributed by atoms with Crippen molar-refractivity contribution < 1.29 is 5.11 Å². The van der Waals surface area contributed by atoms with E-state index in [1.807, 2.05) is 18.2 Å². The fraction of sp³-hybridized carbons (Fsp3) is 0.364. The lowest BCUT2D eigenvalue weighted by Crippen LogP contribution is -2.09. The standard InChI is InChI=1S/C11H15NO/c1-2-3-6-11(13)8-10-5-4-7-12-9-10/h2,4-5,7,9,11,13H,1,3,6,8H2. The summed E-state index contributed by atoms with van der Waals surface area (Å²) in [4.78, 5) is 3.99. The molecule has 13 heavy (non-hydrogen) atoms. The molecule has 0 aromatic carbocycles. The predicted octanol–water partition coefficient (Wildman–Crippen LogP) is 1.95. The molecule has 1 rings (SSSR count). The van der Waals surface area contributed by atoms with E-state index in [2.05, 4.69) is 11.6 Å². The van der Waals surface area contributed by atoms with Gasteiger partial charge >= 0.3 is 0 Å². The lowest BCUT2D eigenvalue weighted by Gasteiger charge is -2.08. The molecule has 0 bridgehead atoms. The Bertz CT molecular complexity index is 246. The second-order valence-corrected chi connectivity index (χ2v) is 3.09. The molecule has 0 aliphatic rings. The second-order valence-electron chi connectivity index (χ2n) is 3.09. The molecule has 1 heterocycles. The summed E-state index contributed by atoms with van der Waals surface area (Å²) in [5, 5.41) is 9.56. The monoisotopic (exact) mass is 177 g/mol. The second kappa shape index (κ2) is 5.49. The van der Waals surface area contributed by atoms with E-state index in [1.54, 1.807) is 12.4 Å². The number of aromatic nitrogens is 1. The molecule has 2 heteroatoms. The van der Waals surface area contributed by atoms with E-state index >= 15 is 0 Å². The Balaban J connectivity index is 2.36. The molecule has 1 unspecified atom stereocenters. The maximum Gasteiger partial charge on any atom is 0.0584 e. The summed E-state index contributed by atoms with van der Waals surface area (Å²) in [5.41, 5.74) is 1.08. The quantitative estimate of drug-likeness (QED) is 0.697. The maximum atomic E-state index is 9.56. The van der Waals surface area contributed by atoms with Gasteiger partial charge in [0.2, 0.25) is 0 Å². The minimum Gasteiger partial charge on any atom is -0.393 e. The highest BCUT2D eigenvalue weighted by atomic mass is 16.3. The van der Waals surface area contributed by atoms with E-state index in [1.165, 1.54) is 0 Å². The van der Waals surface area contributed by atoms with Crippen molar-refractivity contribution in [3.05, 3.63) is 42.7 Å². The van der Waals surface area contributed by atoms with Gasteiger partial charge < -0.3 is 5.11 Å². The summed E-state index contributed by atoms with van der Waals surface area (Å²) in [6, 6.07) is 3.86. The number of aliphatic hydroxyl groups excluding tert-OH is 1. The van der Waals surface area contributed by atoms with E-state index in [-0.39, 0.29) is 6.10 Å². The van der Waals surface area contributed by atoms with Gasteiger partial charge in [-0.15, -0.1) is 6.58 Å².